The minimum absolute atomic E-state index is 0.507. The summed E-state index contributed by atoms with van der Waals surface area (Å²) in [6, 6.07) is 5.95. The van der Waals surface area contributed by atoms with Crippen molar-refractivity contribution in [1.29, 1.82) is 0 Å². The van der Waals surface area contributed by atoms with Gasteiger partial charge in [-0.15, -0.1) is 0 Å². The lowest BCUT2D eigenvalue weighted by molar-refractivity contribution is 0.415. The van der Waals surface area contributed by atoms with Crippen molar-refractivity contribution < 1.29 is 9.30 Å². The molecule has 0 bridgehead atoms. The molecule has 3 rings (SSSR count). The first-order valence-electron chi connectivity index (χ1n) is 7.71. The summed E-state index contributed by atoms with van der Waals surface area (Å²) in [5.74, 6) is 0.696. The number of allylic oxidation sites excluding steroid dienone is 1. The van der Waals surface area contributed by atoms with Gasteiger partial charge in [0.2, 0.25) is 5.62 Å². The number of aliphatic imine (C=N–C) groups is 1. The third-order valence-electron chi connectivity index (χ3n) is 4.31. The lowest BCUT2D eigenvalue weighted by atomic mass is 10.2. The Balaban J connectivity index is 1.86. The van der Waals surface area contributed by atoms with Crippen LogP contribution in [-0.4, -0.2) is 51.0 Å². The van der Waals surface area contributed by atoms with Crippen LogP contribution in [0.15, 0.2) is 34.4 Å². The van der Waals surface area contributed by atoms with Gasteiger partial charge in [0.05, 0.1) is 25.0 Å². The van der Waals surface area contributed by atoms with E-state index in [1.165, 1.54) is 6.21 Å². The second kappa shape index (κ2) is 6.99. The molecule has 1 fully saturated rings. The molecule has 0 saturated carbocycles. The van der Waals surface area contributed by atoms with E-state index in [1.54, 1.807) is 18.2 Å². The van der Waals surface area contributed by atoms with Crippen LogP contribution in [0.25, 0.3) is 0 Å². The Bertz CT molecular complexity index is 726. The van der Waals surface area contributed by atoms with Crippen molar-refractivity contribution in [3.05, 3.63) is 29.4 Å². The normalized spacial score (nSPS) is 23.2. The van der Waals surface area contributed by atoms with Gasteiger partial charge in [-0.05, 0) is 18.8 Å². The molecule has 0 spiro atoms. The Kier molecular flexibility index (Phi) is 5.14. The molecule has 1 aromatic rings. The summed E-state index contributed by atoms with van der Waals surface area (Å²) in [6.07, 6.45) is 4.77. The minimum atomic E-state index is -1.95. The van der Waals surface area contributed by atoms with Crippen LogP contribution in [0.5, 0.6) is 5.75 Å². The fourth-order valence-electron chi connectivity index (χ4n) is 2.84. The van der Waals surface area contributed by atoms with Crippen LogP contribution in [0.4, 0.5) is 11.4 Å². The summed E-state index contributed by atoms with van der Waals surface area (Å²) >= 11 is 12.3. The van der Waals surface area contributed by atoms with Crippen LogP contribution < -0.4 is 14.5 Å². The maximum atomic E-state index is 12.2. The number of methoxy groups -OCH3 is 1. The smallest absolute Gasteiger partial charge is 0.201 e. The number of hydrogen-bond donors (Lipinski definition) is 0. The fourth-order valence-corrected chi connectivity index (χ4v) is 4.77. The minimum Gasteiger partial charge on any atom is -0.494 e. The van der Waals surface area contributed by atoms with Gasteiger partial charge in [0, 0.05) is 49.6 Å². The Morgan fingerprint density at radius 3 is 2.71 bits per heavy atom. The molecule has 24 heavy (non-hydrogen) atoms. The van der Waals surface area contributed by atoms with Gasteiger partial charge in [-0.3, -0.25) is 4.99 Å². The predicted octanol–water partition coefficient (Wildman–Crippen LogP) is 4.00. The van der Waals surface area contributed by atoms with Gasteiger partial charge in [0.1, 0.15) is 5.75 Å². The third kappa shape index (κ3) is 3.74. The molecule has 1 aromatic carbocycles. The molecule has 130 valence electrons. The van der Waals surface area contributed by atoms with Gasteiger partial charge in [0.15, 0.2) is 0 Å². The van der Waals surface area contributed by atoms with Crippen molar-refractivity contribution >= 4 is 47.9 Å². The fraction of sp³-hybridized carbons (Fsp3) is 0.438. The molecule has 8 heteroatoms. The van der Waals surface area contributed by atoms with Crippen molar-refractivity contribution in [2.24, 2.45) is 4.99 Å². The number of alkyl halides is 1. The highest BCUT2D eigenvalue weighted by atomic mass is 35.5. The van der Waals surface area contributed by atoms with E-state index in [0.717, 1.165) is 36.8 Å². The number of halogens is 2. The lowest BCUT2D eigenvalue weighted by Gasteiger charge is -2.33. The van der Waals surface area contributed by atoms with Crippen LogP contribution in [0.3, 0.4) is 0 Å². The Morgan fingerprint density at radius 1 is 1.33 bits per heavy atom. The summed E-state index contributed by atoms with van der Waals surface area (Å²) in [4.78, 5) is 8.15. The largest absolute Gasteiger partial charge is 0.494 e. The van der Waals surface area contributed by atoms with E-state index < -0.39 is 12.8 Å². The molecule has 0 N–H and O–H groups in total. The van der Waals surface area contributed by atoms with Crippen molar-refractivity contribution in [3.8, 4) is 5.75 Å². The van der Waals surface area contributed by atoms with Gasteiger partial charge in [0.25, 0.3) is 0 Å². The SMILES string of the molecule is COc1cc(N2CCP(C)(=O)CC2)ccc1N1C=C(Cl)C=NC1Cl. The summed E-state index contributed by atoms with van der Waals surface area (Å²) in [5, 5.41) is 0.507. The molecule has 0 aliphatic carbocycles. The molecule has 1 saturated heterocycles. The highest BCUT2D eigenvalue weighted by molar-refractivity contribution is 7.63. The van der Waals surface area contributed by atoms with E-state index in [9.17, 15) is 4.57 Å². The lowest BCUT2D eigenvalue weighted by Crippen LogP contribution is -2.34. The third-order valence-corrected chi connectivity index (χ3v) is 7.12. The molecule has 0 amide bonds. The van der Waals surface area contributed by atoms with E-state index in [1.807, 2.05) is 24.9 Å². The van der Waals surface area contributed by atoms with Crippen LogP contribution in [0.2, 0.25) is 0 Å². The van der Waals surface area contributed by atoms with E-state index in [2.05, 4.69) is 9.89 Å². The summed E-state index contributed by atoms with van der Waals surface area (Å²) in [7, 11) is -0.321. The molecule has 0 aromatic heterocycles. The van der Waals surface area contributed by atoms with Crippen molar-refractivity contribution in [2.45, 2.75) is 5.62 Å². The average molecular weight is 388 g/mol. The number of nitrogens with zero attached hydrogens (tertiary/aromatic N) is 3. The van der Waals surface area contributed by atoms with Gasteiger partial charge in [-0.2, -0.15) is 0 Å². The maximum absolute atomic E-state index is 12.2. The predicted molar refractivity (Wildman–Crippen MR) is 103 cm³/mol. The van der Waals surface area contributed by atoms with Gasteiger partial charge in [-0.1, -0.05) is 23.2 Å². The molecule has 2 aliphatic rings. The first-order valence-corrected chi connectivity index (χ1v) is 11.0. The molecular formula is C16H20Cl2N3O2P. The topological polar surface area (TPSA) is 45.1 Å². The molecule has 1 atom stereocenters. The van der Waals surface area contributed by atoms with Crippen molar-refractivity contribution in [2.75, 3.05) is 49.0 Å². The first-order chi connectivity index (χ1) is 11.4. The molecule has 2 heterocycles. The summed E-state index contributed by atoms with van der Waals surface area (Å²) in [6.45, 7) is 3.49. The van der Waals surface area contributed by atoms with Gasteiger partial charge in [-0.25, -0.2) is 0 Å². The standard InChI is InChI=1S/C16H20Cl2N3O2P/c1-23-15-9-13(20-5-7-24(2,22)8-6-20)3-4-14(15)21-11-12(17)10-19-16(21)18/h3-4,9-11,16H,5-8H2,1-2H3. The highest BCUT2D eigenvalue weighted by Gasteiger charge is 2.26. The van der Waals surface area contributed by atoms with Crippen LogP contribution >= 0.6 is 30.3 Å². The molecule has 1 unspecified atom stereocenters. The Morgan fingerprint density at radius 2 is 2.04 bits per heavy atom. The van der Waals surface area contributed by atoms with Crippen molar-refractivity contribution in [1.82, 2.24) is 0 Å². The molecular weight excluding hydrogens is 368 g/mol. The summed E-state index contributed by atoms with van der Waals surface area (Å²) in [5.41, 5.74) is 1.29. The Labute approximate surface area is 152 Å². The molecule has 2 aliphatic heterocycles. The molecule has 5 nitrogen and oxygen atoms in total. The quantitative estimate of drug-likeness (QED) is 0.446. The zero-order chi connectivity index (χ0) is 17.3. The van der Waals surface area contributed by atoms with Gasteiger partial charge >= 0.3 is 0 Å². The number of benzene rings is 1. The summed E-state index contributed by atoms with van der Waals surface area (Å²) < 4.78 is 17.7. The Hall–Kier alpha value is -1.16. The highest BCUT2D eigenvalue weighted by Crippen LogP contribution is 2.44. The maximum Gasteiger partial charge on any atom is 0.201 e. The van der Waals surface area contributed by atoms with E-state index in [-0.39, 0.29) is 0 Å². The van der Waals surface area contributed by atoms with E-state index in [0.29, 0.717) is 10.8 Å². The average Bonchev–Trinajstić information content (AvgIpc) is 2.56. The number of rotatable bonds is 3. The number of hydrogen-bond acceptors (Lipinski definition) is 5. The zero-order valence-corrected chi connectivity index (χ0v) is 16.1. The first kappa shape index (κ1) is 17.7. The second-order valence-electron chi connectivity index (χ2n) is 6.10. The molecule has 0 radical (unpaired) electrons. The monoisotopic (exact) mass is 387 g/mol. The number of anilines is 2. The van der Waals surface area contributed by atoms with Crippen LogP contribution in [0.1, 0.15) is 0 Å². The number of ether oxygens (including phenoxy) is 1. The van der Waals surface area contributed by atoms with Crippen LogP contribution in [0, 0.1) is 0 Å². The van der Waals surface area contributed by atoms with Crippen molar-refractivity contribution in [3.63, 3.8) is 0 Å². The van der Waals surface area contributed by atoms with E-state index in [4.69, 9.17) is 27.9 Å². The van der Waals surface area contributed by atoms with E-state index >= 15 is 0 Å². The van der Waals surface area contributed by atoms with Gasteiger partial charge < -0.3 is 19.1 Å². The second-order valence-corrected chi connectivity index (χ2v) is 10.4. The zero-order valence-electron chi connectivity index (χ0n) is 13.7. The van der Waals surface area contributed by atoms with Crippen LogP contribution in [-0.2, 0) is 4.57 Å².